The van der Waals surface area contributed by atoms with E-state index in [0.717, 1.165) is 6.07 Å². The first-order chi connectivity index (χ1) is 12.4. The summed E-state index contributed by atoms with van der Waals surface area (Å²) >= 11 is 0. The molecule has 0 aliphatic rings. The number of anilines is 2. The number of nitrogens with one attached hydrogen (secondary N) is 1. The molecule has 0 amide bonds. The third-order valence-corrected chi connectivity index (χ3v) is 3.19. The molecule has 1 aromatic carbocycles. The van der Waals surface area contributed by atoms with Crippen LogP contribution in [0.5, 0.6) is 5.75 Å². The Morgan fingerprint density at radius 3 is 2.27 bits per heavy atom. The van der Waals surface area contributed by atoms with Crippen LogP contribution in [0.1, 0.15) is 17.3 Å². The zero-order chi connectivity index (χ0) is 19.3. The molecule has 0 radical (unpaired) electrons. The smallest absolute Gasteiger partial charge is 0.410 e. The van der Waals surface area contributed by atoms with E-state index in [1.165, 1.54) is 31.4 Å². The van der Waals surface area contributed by atoms with E-state index in [4.69, 9.17) is 9.47 Å². The topological polar surface area (TPSA) is 147 Å². The molecule has 2 aromatic rings. The molecule has 11 heteroatoms. The highest BCUT2D eigenvalue weighted by Crippen LogP contribution is 2.35. The highest BCUT2D eigenvalue weighted by atomic mass is 16.6. The Morgan fingerprint density at radius 1 is 1.15 bits per heavy atom. The van der Waals surface area contributed by atoms with E-state index in [9.17, 15) is 25.0 Å². The van der Waals surface area contributed by atoms with Gasteiger partial charge in [0.1, 0.15) is 5.69 Å². The van der Waals surface area contributed by atoms with Gasteiger partial charge in [0, 0.05) is 16.7 Å². The van der Waals surface area contributed by atoms with Gasteiger partial charge in [-0.05, 0) is 41.0 Å². The van der Waals surface area contributed by atoms with Gasteiger partial charge in [-0.25, -0.2) is 4.79 Å². The van der Waals surface area contributed by atoms with Crippen LogP contribution in [-0.2, 0) is 4.74 Å². The van der Waals surface area contributed by atoms with Gasteiger partial charge < -0.3 is 35.0 Å². The lowest BCUT2D eigenvalue weighted by Crippen LogP contribution is -2.06. The van der Waals surface area contributed by atoms with Crippen molar-refractivity contribution in [3.63, 3.8) is 0 Å². The number of benzene rings is 1. The Bertz CT molecular complexity index is 852. The fraction of sp³-hybridized carbons (Fsp3) is 0.200. The van der Waals surface area contributed by atoms with Crippen molar-refractivity contribution in [2.45, 2.75) is 6.92 Å². The number of nitro groups is 2. The molecule has 0 aliphatic carbocycles. The molecule has 26 heavy (non-hydrogen) atoms. The van der Waals surface area contributed by atoms with Crippen molar-refractivity contribution in [1.82, 2.24) is 4.98 Å². The maximum atomic E-state index is 11.6. The number of esters is 1. The van der Waals surface area contributed by atoms with Crippen molar-refractivity contribution in [2.24, 2.45) is 0 Å². The second-order valence-electron chi connectivity index (χ2n) is 4.82. The van der Waals surface area contributed by atoms with Crippen LogP contribution in [0, 0.1) is 20.2 Å². The summed E-state index contributed by atoms with van der Waals surface area (Å²) in [6.45, 7) is 1.92. The number of hydrogen-bond acceptors (Lipinski definition) is 9. The zero-order valence-electron chi connectivity index (χ0n) is 13.8. The summed E-state index contributed by atoms with van der Waals surface area (Å²) in [7, 11) is 1.19. The third kappa shape index (κ3) is 4.01. The number of aromatic nitrogens is 1. The van der Waals surface area contributed by atoms with Gasteiger partial charge in [-0.3, -0.25) is 0 Å². The molecule has 0 fully saturated rings. The molecule has 136 valence electrons. The summed E-state index contributed by atoms with van der Waals surface area (Å²) in [5.41, 5.74) is 0.617. The van der Waals surface area contributed by atoms with E-state index in [-0.39, 0.29) is 18.0 Å². The van der Waals surface area contributed by atoms with Crippen LogP contribution in [0.4, 0.5) is 23.0 Å². The number of carbonyl (C=O) groups is 1. The molecule has 1 heterocycles. The summed E-state index contributed by atoms with van der Waals surface area (Å²) in [5, 5.41) is 24.9. The molecule has 1 aromatic heterocycles. The van der Waals surface area contributed by atoms with E-state index in [0.29, 0.717) is 11.3 Å². The summed E-state index contributed by atoms with van der Waals surface area (Å²) in [6, 6.07) is 7.07. The SMILES string of the molecule is CCOC(=O)c1ccc(Nc2cc(OC)c([N+](=O)[O-])nc2[N+](=O)[O-])cc1. The molecule has 2 rings (SSSR count). The monoisotopic (exact) mass is 362 g/mol. The number of rotatable bonds is 7. The van der Waals surface area contributed by atoms with Crippen molar-refractivity contribution < 1.29 is 24.1 Å². The summed E-state index contributed by atoms with van der Waals surface area (Å²) in [6.07, 6.45) is 0. The van der Waals surface area contributed by atoms with Crippen LogP contribution in [-0.4, -0.2) is 34.5 Å². The largest absolute Gasteiger partial charge is 0.489 e. The number of hydrogen-bond donors (Lipinski definition) is 1. The molecule has 0 atom stereocenters. The molecule has 0 aliphatic heterocycles. The standard InChI is InChI=1S/C15H14N4O7/c1-3-26-15(20)9-4-6-10(7-5-9)16-11-8-12(25-2)14(19(23)24)17-13(11)18(21)22/h4-8,16H,3H2,1-2H3. The molecule has 0 bridgehead atoms. The molecule has 0 saturated heterocycles. The van der Waals surface area contributed by atoms with Gasteiger partial charge in [0.2, 0.25) is 5.75 Å². The van der Waals surface area contributed by atoms with Crippen LogP contribution in [0.15, 0.2) is 30.3 Å². The van der Waals surface area contributed by atoms with Gasteiger partial charge in [0.05, 0.1) is 19.3 Å². The second kappa shape index (κ2) is 7.88. The van der Waals surface area contributed by atoms with Gasteiger partial charge in [0.15, 0.2) is 0 Å². The maximum absolute atomic E-state index is 11.6. The highest BCUT2D eigenvalue weighted by Gasteiger charge is 2.26. The minimum absolute atomic E-state index is 0.0960. The fourth-order valence-electron chi connectivity index (χ4n) is 2.05. The van der Waals surface area contributed by atoms with Gasteiger partial charge in [-0.1, -0.05) is 0 Å². The Balaban J connectivity index is 2.37. The van der Waals surface area contributed by atoms with Gasteiger partial charge in [-0.2, -0.15) is 0 Å². The number of ether oxygens (including phenoxy) is 2. The molecule has 11 nitrogen and oxygen atoms in total. The first-order valence-corrected chi connectivity index (χ1v) is 7.29. The average molecular weight is 362 g/mol. The van der Waals surface area contributed by atoms with E-state index >= 15 is 0 Å². The molecule has 0 saturated carbocycles. The summed E-state index contributed by atoms with van der Waals surface area (Å²) in [4.78, 5) is 35.5. The van der Waals surface area contributed by atoms with E-state index in [1.54, 1.807) is 6.92 Å². The van der Waals surface area contributed by atoms with Crippen molar-refractivity contribution in [1.29, 1.82) is 0 Å². The quantitative estimate of drug-likeness (QED) is 0.446. The Labute approximate surface area is 146 Å². The average Bonchev–Trinajstić information content (AvgIpc) is 2.61. The Hall–Kier alpha value is -3.76. The minimum atomic E-state index is -0.871. The Kier molecular flexibility index (Phi) is 5.63. The van der Waals surface area contributed by atoms with E-state index in [1.807, 2.05) is 0 Å². The third-order valence-electron chi connectivity index (χ3n) is 3.19. The lowest BCUT2D eigenvalue weighted by molar-refractivity contribution is -0.403. The predicted octanol–water partition coefficient (Wildman–Crippen LogP) is 2.83. The molecule has 0 unspecified atom stereocenters. The van der Waals surface area contributed by atoms with Crippen LogP contribution in [0.25, 0.3) is 0 Å². The zero-order valence-corrected chi connectivity index (χ0v) is 13.8. The Morgan fingerprint density at radius 2 is 1.77 bits per heavy atom. The van der Waals surface area contributed by atoms with E-state index < -0.39 is 27.5 Å². The normalized spacial score (nSPS) is 10.1. The number of carbonyl (C=O) groups excluding carboxylic acids is 1. The van der Waals surface area contributed by atoms with Crippen LogP contribution in [0.2, 0.25) is 0 Å². The van der Waals surface area contributed by atoms with Crippen LogP contribution < -0.4 is 10.1 Å². The molecule has 0 spiro atoms. The second-order valence-corrected chi connectivity index (χ2v) is 4.82. The van der Waals surface area contributed by atoms with Crippen molar-refractivity contribution in [2.75, 3.05) is 19.0 Å². The summed E-state index contributed by atoms with van der Waals surface area (Å²) < 4.78 is 9.73. The van der Waals surface area contributed by atoms with Gasteiger partial charge in [0.25, 0.3) is 0 Å². The number of nitrogens with zero attached hydrogens (tertiary/aromatic N) is 3. The lowest BCUT2D eigenvalue weighted by Gasteiger charge is -2.10. The van der Waals surface area contributed by atoms with Gasteiger partial charge >= 0.3 is 17.6 Å². The molecule has 1 N–H and O–H groups in total. The van der Waals surface area contributed by atoms with Crippen LogP contribution in [0.3, 0.4) is 0 Å². The van der Waals surface area contributed by atoms with Crippen molar-refractivity contribution >= 4 is 29.0 Å². The number of methoxy groups -OCH3 is 1. The predicted molar refractivity (Wildman–Crippen MR) is 89.8 cm³/mol. The highest BCUT2D eigenvalue weighted by molar-refractivity contribution is 5.90. The summed E-state index contributed by atoms with van der Waals surface area (Å²) in [5.74, 6) is -2.22. The van der Waals surface area contributed by atoms with Crippen molar-refractivity contribution in [3.05, 3.63) is 56.1 Å². The van der Waals surface area contributed by atoms with Crippen LogP contribution >= 0.6 is 0 Å². The maximum Gasteiger partial charge on any atom is 0.410 e. The van der Waals surface area contributed by atoms with Gasteiger partial charge in [-0.15, -0.1) is 0 Å². The van der Waals surface area contributed by atoms with Crippen molar-refractivity contribution in [3.8, 4) is 5.75 Å². The first-order valence-electron chi connectivity index (χ1n) is 7.29. The fourth-order valence-corrected chi connectivity index (χ4v) is 2.05. The molecular weight excluding hydrogens is 348 g/mol. The lowest BCUT2D eigenvalue weighted by atomic mass is 10.2. The minimum Gasteiger partial charge on any atom is -0.489 e. The number of pyridine rings is 1. The molecular formula is C15H14N4O7. The van der Waals surface area contributed by atoms with E-state index in [2.05, 4.69) is 10.3 Å². The first kappa shape index (κ1) is 18.6.